The summed E-state index contributed by atoms with van der Waals surface area (Å²) in [5.74, 6) is -0.468. The van der Waals surface area contributed by atoms with Gasteiger partial charge in [0.25, 0.3) is 6.17 Å². The van der Waals surface area contributed by atoms with Crippen LogP contribution in [0.15, 0.2) is 11.6 Å². The van der Waals surface area contributed by atoms with Crippen LogP contribution in [0.5, 0.6) is 0 Å². The van der Waals surface area contributed by atoms with Crippen LogP contribution in [0, 0.1) is 10.1 Å². The number of hydrogen-bond acceptors (Lipinski definition) is 6. The number of hydrogen-bond donors (Lipinski definition) is 2. The Morgan fingerprint density at radius 1 is 1.67 bits per heavy atom. The van der Waals surface area contributed by atoms with E-state index in [-0.39, 0.29) is 19.6 Å². The molecular weight excluding hydrogens is 202 g/mol. The van der Waals surface area contributed by atoms with E-state index in [0.29, 0.717) is 5.57 Å². The zero-order chi connectivity index (χ0) is 11.8. The second-order valence-corrected chi connectivity index (χ2v) is 2.79. The third kappa shape index (κ3) is 5.76. The first-order valence-corrected chi connectivity index (χ1v) is 4.45. The molecule has 0 heterocycles. The van der Waals surface area contributed by atoms with E-state index in [2.05, 4.69) is 4.74 Å². The minimum atomic E-state index is -1.34. The lowest BCUT2D eigenvalue weighted by atomic mass is 10.1. The van der Waals surface area contributed by atoms with Crippen molar-refractivity contribution in [3.05, 3.63) is 21.8 Å². The Labute approximate surface area is 87.2 Å². The van der Waals surface area contributed by atoms with Gasteiger partial charge < -0.3 is 10.5 Å². The van der Waals surface area contributed by atoms with Crippen LogP contribution in [0.1, 0.15) is 13.3 Å². The number of rotatable bonds is 6. The lowest BCUT2D eigenvalue weighted by molar-refractivity contribution is -0.508. The van der Waals surface area contributed by atoms with Gasteiger partial charge >= 0.3 is 5.97 Å². The van der Waals surface area contributed by atoms with Gasteiger partial charge in [-0.25, -0.2) is 0 Å². The molecule has 0 aliphatic carbocycles. The van der Waals surface area contributed by atoms with E-state index in [9.17, 15) is 14.9 Å². The molecule has 0 aromatic carbocycles. The minimum absolute atomic E-state index is 0.0420. The minimum Gasteiger partial charge on any atom is -0.466 e. The molecule has 86 valence electrons. The fourth-order valence-electron chi connectivity index (χ4n) is 0.899. The van der Waals surface area contributed by atoms with Gasteiger partial charge in [-0.1, -0.05) is 0 Å². The average molecular weight is 217 g/mol. The molecule has 0 saturated carbocycles. The molecule has 0 fully saturated rings. The number of nitrogens with zero attached hydrogens (tertiary/aromatic N) is 1. The second kappa shape index (κ2) is 6.91. The Bertz CT molecular complexity index is 265. The molecule has 0 radical (unpaired) electrons. The highest BCUT2D eigenvalue weighted by atomic mass is 16.6. The van der Waals surface area contributed by atoms with E-state index in [1.807, 2.05) is 0 Å². The van der Waals surface area contributed by atoms with Crippen LogP contribution in [0.4, 0.5) is 0 Å². The summed E-state index contributed by atoms with van der Waals surface area (Å²) >= 11 is 0. The molecule has 0 aliphatic heterocycles. The largest absolute Gasteiger partial charge is 0.466 e. The zero-order valence-electron chi connectivity index (χ0n) is 8.51. The number of nitro groups is 1. The van der Waals surface area contributed by atoms with Crippen LogP contribution >= 0.6 is 0 Å². The third-order valence-electron chi connectivity index (χ3n) is 1.59. The highest BCUT2D eigenvalue weighted by Gasteiger charge is 2.13. The molecule has 1 unspecified atom stereocenters. The Kier molecular flexibility index (Phi) is 6.23. The van der Waals surface area contributed by atoms with Gasteiger partial charge in [0.15, 0.2) is 0 Å². The SMILES string of the molecule is CCOC(=O)C/C(=C/C(N)[N+](=O)[O-])CN. The lowest BCUT2D eigenvalue weighted by Gasteiger charge is -2.05. The molecule has 7 nitrogen and oxygen atoms in total. The fraction of sp³-hybridized carbons (Fsp3) is 0.625. The van der Waals surface area contributed by atoms with Crippen LogP contribution in [0.2, 0.25) is 0 Å². The molecular formula is C8H15N3O4. The van der Waals surface area contributed by atoms with Crippen molar-refractivity contribution in [3.63, 3.8) is 0 Å². The highest BCUT2D eigenvalue weighted by Crippen LogP contribution is 2.02. The predicted molar refractivity (Wildman–Crippen MR) is 53.4 cm³/mol. The number of carbonyl (C=O) groups is 1. The normalized spacial score (nSPS) is 13.4. The maximum Gasteiger partial charge on any atom is 0.309 e. The number of nitrogens with two attached hydrogens (primary N) is 2. The van der Waals surface area contributed by atoms with Gasteiger partial charge in [0.2, 0.25) is 0 Å². The van der Waals surface area contributed by atoms with Crippen molar-refractivity contribution in [1.29, 1.82) is 0 Å². The van der Waals surface area contributed by atoms with Crippen molar-refractivity contribution in [2.24, 2.45) is 11.5 Å². The van der Waals surface area contributed by atoms with Crippen LogP contribution in [-0.2, 0) is 9.53 Å². The molecule has 0 bridgehead atoms. The van der Waals surface area contributed by atoms with Gasteiger partial charge in [-0.05, 0) is 12.5 Å². The van der Waals surface area contributed by atoms with Crippen LogP contribution in [-0.4, -0.2) is 30.2 Å². The molecule has 0 spiro atoms. The van der Waals surface area contributed by atoms with E-state index < -0.39 is 17.1 Å². The Balaban J connectivity index is 4.35. The van der Waals surface area contributed by atoms with Crippen molar-refractivity contribution < 1.29 is 14.5 Å². The summed E-state index contributed by atoms with van der Waals surface area (Å²) in [5, 5.41) is 10.2. The topological polar surface area (TPSA) is 121 Å². The molecule has 0 saturated heterocycles. The van der Waals surface area contributed by atoms with Crippen molar-refractivity contribution in [2.75, 3.05) is 13.2 Å². The van der Waals surface area contributed by atoms with Crippen molar-refractivity contribution >= 4 is 5.97 Å². The summed E-state index contributed by atoms with van der Waals surface area (Å²) in [7, 11) is 0. The smallest absolute Gasteiger partial charge is 0.309 e. The first-order valence-electron chi connectivity index (χ1n) is 4.45. The zero-order valence-corrected chi connectivity index (χ0v) is 8.51. The second-order valence-electron chi connectivity index (χ2n) is 2.79. The Morgan fingerprint density at radius 3 is 2.67 bits per heavy atom. The molecule has 0 amide bonds. The predicted octanol–water partition coefficient (Wildman–Crippen LogP) is -0.614. The molecule has 0 aromatic heterocycles. The Hall–Kier alpha value is -1.47. The third-order valence-corrected chi connectivity index (χ3v) is 1.59. The molecule has 7 heteroatoms. The van der Waals surface area contributed by atoms with Gasteiger partial charge in [0, 0.05) is 17.5 Å². The van der Waals surface area contributed by atoms with Gasteiger partial charge in [0.05, 0.1) is 13.0 Å². The summed E-state index contributed by atoms with van der Waals surface area (Å²) in [6.45, 7) is 1.98. The Morgan fingerprint density at radius 2 is 2.27 bits per heavy atom. The fourth-order valence-corrected chi connectivity index (χ4v) is 0.899. The van der Waals surface area contributed by atoms with Gasteiger partial charge in [-0.15, -0.1) is 0 Å². The van der Waals surface area contributed by atoms with Crippen molar-refractivity contribution in [1.82, 2.24) is 0 Å². The van der Waals surface area contributed by atoms with E-state index in [0.717, 1.165) is 6.08 Å². The monoisotopic (exact) mass is 217 g/mol. The van der Waals surface area contributed by atoms with E-state index in [1.54, 1.807) is 6.92 Å². The van der Waals surface area contributed by atoms with E-state index in [1.165, 1.54) is 0 Å². The molecule has 0 aliphatic rings. The number of carbonyl (C=O) groups excluding carboxylic acids is 1. The van der Waals surface area contributed by atoms with Gasteiger partial charge in [-0.3, -0.25) is 20.6 Å². The molecule has 0 rings (SSSR count). The maximum absolute atomic E-state index is 11.0. The quantitative estimate of drug-likeness (QED) is 0.201. The van der Waals surface area contributed by atoms with Gasteiger partial charge in [0.1, 0.15) is 0 Å². The summed E-state index contributed by atoms with van der Waals surface area (Å²) in [6, 6.07) is 0. The molecule has 1 atom stereocenters. The average Bonchev–Trinajstić information content (AvgIpc) is 2.16. The maximum atomic E-state index is 11.0. The van der Waals surface area contributed by atoms with Crippen LogP contribution in [0.25, 0.3) is 0 Å². The van der Waals surface area contributed by atoms with E-state index in [4.69, 9.17) is 11.5 Å². The highest BCUT2D eigenvalue weighted by molar-refractivity contribution is 5.72. The van der Waals surface area contributed by atoms with Crippen LogP contribution in [0.3, 0.4) is 0 Å². The summed E-state index contributed by atoms with van der Waals surface area (Å²) < 4.78 is 4.67. The van der Waals surface area contributed by atoms with Crippen molar-refractivity contribution in [2.45, 2.75) is 19.5 Å². The molecule has 15 heavy (non-hydrogen) atoms. The first kappa shape index (κ1) is 13.5. The summed E-state index contributed by atoms with van der Waals surface area (Å²) in [6.07, 6.45) is -0.235. The van der Waals surface area contributed by atoms with Crippen LogP contribution < -0.4 is 11.5 Å². The van der Waals surface area contributed by atoms with Gasteiger partial charge in [-0.2, -0.15) is 0 Å². The first-order chi connectivity index (χ1) is 7.01. The lowest BCUT2D eigenvalue weighted by Crippen LogP contribution is -2.28. The standard InChI is InChI=1S/C8H15N3O4/c1-2-15-8(12)4-6(5-9)3-7(10)11(13)14/h3,7H,2,4-5,9-10H2,1H3/b6-3-. The van der Waals surface area contributed by atoms with E-state index >= 15 is 0 Å². The number of ether oxygens (including phenoxy) is 1. The number of esters is 1. The van der Waals surface area contributed by atoms with Crippen molar-refractivity contribution in [3.8, 4) is 0 Å². The molecule has 4 N–H and O–H groups in total. The summed E-state index contributed by atoms with van der Waals surface area (Å²) in [4.78, 5) is 20.6. The molecule has 0 aromatic rings. The summed E-state index contributed by atoms with van der Waals surface area (Å²) in [5.41, 5.74) is 10.9.